The highest BCUT2D eigenvalue weighted by atomic mass is 19.1. The minimum absolute atomic E-state index is 0.328. The predicted molar refractivity (Wildman–Crippen MR) is 63.6 cm³/mol. The van der Waals surface area contributed by atoms with Crippen molar-refractivity contribution < 1.29 is 4.39 Å². The first kappa shape index (κ1) is 10.9. The van der Waals surface area contributed by atoms with Crippen molar-refractivity contribution in [3.63, 3.8) is 0 Å². The first-order valence-electron chi connectivity index (χ1n) is 5.77. The number of nitriles is 1. The molecule has 0 saturated carbocycles. The van der Waals surface area contributed by atoms with E-state index in [9.17, 15) is 4.39 Å². The minimum Gasteiger partial charge on any atom is -0.312 e. The van der Waals surface area contributed by atoms with Crippen molar-refractivity contribution in [1.82, 2.24) is 15.1 Å². The third kappa shape index (κ3) is 1.59. The Labute approximate surface area is 104 Å². The lowest BCUT2D eigenvalue weighted by Gasteiger charge is -2.15. The van der Waals surface area contributed by atoms with E-state index >= 15 is 0 Å². The molecule has 0 spiro atoms. The summed E-state index contributed by atoms with van der Waals surface area (Å²) in [5, 5.41) is 16.5. The zero-order valence-electron chi connectivity index (χ0n) is 9.65. The standard InChI is InChI=1S/C13H11FN4/c14-10-3-1-2-4-13(10)18-12-5-6-16-8-9(12)11(7-15)17-18/h1-4,16H,5-6,8H2. The van der Waals surface area contributed by atoms with Gasteiger partial charge < -0.3 is 5.32 Å². The molecule has 2 aromatic rings. The van der Waals surface area contributed by atoms with Crippen molar-refractivity contribution in [3.05, 3.63) is 47.0 Å². The second-order valence-electron chi connectivity index (χ2n) is 4.18. The van der Waals surface area contributed by atoms with Crippen molar-refractivity contribution in [2.24, 2.45) is 0 Å². The lowest BCUT2D eigenvalue weighted by Crippen LogP contribution is -2.25. The monoisotopic (exact) mass is 242 g/mol. The topological polar surface area (TPSA) is 53.6 Å². The van der Waals surface area contributed by atoms with Gasteiger partial charge in [-0.3, -0.25) is 0 Å². The number of rotatable bonds is 1. The first-order chi connectivity index (χ1) is 8.81. The molecule has 1 aromatic carbocycles. The molecule has 1 aromatic heterocycles. The van der Waals surface area contributed by atoms with Crippen LogP contribution in [0.2, 0.25) is 0 Å². The second kappa shape index (κ2) is 4.24. The first-order valence-corrected chi connectivity index (χ1v) is 5.77. The molecule has 0 atom stereocenters. The highest BCUT2D eigenvalue weighted by molar-refractivity contribution is 5.43. The quantitative estimate of drug-likeness (QED) is 0.825. The van der Waals surface area contributed by atoms with E-state index in [2.05, 4.69) is 16.5 Å². The summed E-state index contributed by atoms with van der Waals surface area (Å²) in [6, 6.07) is 8.55. The third-order valence-electron chi connectivity index (χ3n) is 3.12. The van der Waals surface area contributed by atoms with E-state index in [1.807, 2.05) is 0 Å². The van der Waals surface area contributed by atoms with E-state index in [0.29, 0.717) is 17.9 Å². The fourth-order valence-electron chi connectivity index (χ4n) is 2.26. The van der Waals surface area contributed by atoms with Crippen molar-refractivity contribution >= 4 is 0 Å². The van der Waals surface area contributed by atoms with E-state index < -0.39 is 0 Å². The summed E-state index contributed by atoms with van der Waals surface area (Å²) in [5.74, 6) is -0.328. The molecule has 0 saturated heterocycles. The molecule has 2 heterocycles. The average molecular weight is 242 g/mol. The van der Waals surface area contributed by atoms with Gasteiger partial charge in [-0.1, -0.05) is 12.1 Å². The zero-order chi connectivity index (χ0) is 12.5. The Morgan fingerprint density at radius 2 is 2.22 bits per heavy atom. The Kier molecular flexibility index (Phi) is 2.58. The number of nitrogens with zero attached hydrogens (tertiary/aromatic N) is 3. The van der Waals surface area contributed by atoms with Gasteiger partial charge in [-0.15, -0.1) is 0 Å². The van der Waals surface area contributed by atoms with Gasteiger partial charge in [-0.2, -0.15) is 10.4 Å². The van der Waals surface area contributed by atoms with Crippen LogP contribution in [0, 0.1) is 17.1 Å². The fourth-order valence-corrected chi connectivity index (χ4v) is 2.26. The van der Waals surface area contributed by atoms with Crippen LogP contribution in [0.25, 0.3) is 5.69 Å². The predicted octanol–water partition coefficient (Wildman–Crippen LogP) is 1.53. The molecule has 0 bridgehead atoms. The van der Waals surface area contributed by atoms with Gasteiger partial charge in [0, 0.05) is 25.1 Å². The molecule has 1 aliphatic rings. The summed E-state index contributed by atoms with van der Waals surface area (Å²) < 4.78 is 15.4. The molecule has 18 heavy (non-hydrogen) atoms. The number of fused-ring (bicyclic) bond motifs is 1. The van der Waals surface area contributed by atoms with E-state index in [0.717, 1.165) is 24.2 Å². The van der Waals surface area contributed by atoms with Crippen LogP contribution in [0.3, 0.4) is 0 Å². The molecule has 0 fully saturated rings. The number of halogens is 1. The third-order valence-corrected chi connectivity index (χ3v) is 3.12. The van der Waals surface area contributed by atoms with Crippen molar-refractivity contribution in [1.29, 1.82) is 5.26 Å². The van der Waals surface area contributed by atoms with Crippen molar-refractivity contribution in [2.45, 2.75) is 13.0 Å². The Morgan fingerprint density at radius 3 is 3.00 bits per heavy atom. The molecule has 90 valence electrons. The zero-order valence-corrected chi connectivity index (χ0v) is 9.65. The van der Waals surface area contributed by atoms with Crippen LogP contribution in [0.5, 0.6) is 0 Å². The average Bonchev–Trinajstić information content (AvgIpc) is 2.78. The Balaban J connectivity index is 2.22. The largest absolute Gasteiger partial charge is 0.312 e. The summed E-state index contributed by atoms with van der Waals surface area (Å²) in [5.41, 5.74) is 2.58. The summed E-state index contributed by atoms with van der Waals surface area (Å²) in [4.78, 5) is 0. The summed E-state index contributed by atoms with van der Waals surface area (Å²) >= 11 is 0. The lowest BCUT2D eigenvalue weighted by molar-refractivity contribution is 0.591. The SMILES string of the molecule is N#Cc1nn(-c2ccccc2F)c2c1CNCC2. The molecule has 4 nitrogen and oxygen atoms in total. The smallest absolute Gasteiger partial charge is 0.167 e. The van der Waals surface area contributed by atoms with Crippen LogP contribution >= 0.6 is 0 Å². The Morgan fingerprint density at radius 1 is 1.39 bits per heavy atom. The van der Waals surface area contributed by atoms with Gasteiger partial charge in [-0.25, -0.2) is 9.07 Å². The number of aromatic nitrogens is 2. The van der Waals surface area contributed by atoms with Gasteiger partial charge in [0.1, 0.15) is 17.6 Å². The number of para-hydroxylation sites is 1. The van der Waals surface area contributed by atoms with Crippen LogP contribution in [-0.4, -0.2) is 16.3 Å². The maximum Gasteiger partial charge on any atom is 0.167 e. The van der Waals surface area contributed by atoms with Crippen LogP contribution in [-0.2, 0) is 13.0 Å². The van der Waals surface area contributed by atoms with Crippen molar-refractivity contribution in [3.8, 4) is 11.8 Å². The van der Waals surface area contributed by atoms with Gasteiger partial charge in [0.25, 0.3) is 0 Å². The Bertz CT molecular complexity index is 639. The summed E-state index contributed by atoms with van der Waals surface area (Å²) in [6.45, 7) is 1.44. The highest BCUT2D eigenvalue weighted by Gasteiger charge is 2.22. The number of hydrogen-bond acceptors (Lipinski definition) is 3. The molecule has 0 unspecified atom stereocenters. The number of benzene rings is 1. The maximum atomic E-state index is 13.8. The van der Waals surface area contributed by atoms with E-state index in [1.165, 1.54) is 6.07 Å². The van der Waals surface area contributed by atoms with Crippen LogP contribution in [0.15, 0.2) is 24.3 Å². The minimum atomic E-state index is -0.328. The molecular formula is C13H11FN4. The van der Waals surface area contributed by atoms with Gasteiger partial charge in [0.2, 0.25) is 0 Å². The molecule has 0 amide bonds. The van der Waals surface area contributed by atoms with E-state index in [1.54, 1.807) is 22.9 Å². The van der Waals surface area contributed by atoms with E-state index in [-0.39, 0.29) is 5.82 Å². The van der Waals surface area contributed by atoms with E-state index in [4.69, 9.17) is 5.26 Å². The molecule has 1 N–H and O–H groups in total. The van der Waals surface area contributed by atoms with Gasteiger partial charge in [0.05, 0.1) is 5.69 Å². The van der Waals surface area contributed by atoms with Gasteiger partial charge in [0.15, 0.2) is 5.69 Å². The normalized spacial score (nSPS) is 14.0. The lowest BCUT2D eigenvalue weighted by atomic mass is 10.1. The summed E-state index contributed by atoms with van der Waals surface area (Å²) in [7, 11) is 0. The van der Waals surface area contributed by atoms with Crippen LogP contribution in [0.4, 0.5) is 4.39 Å². The highest BCUT2D eigenvalue weighted by Crippen LogP contribution is 2.22. The second-order valence-corrected chi connectivity index (χ2v) is 4.18. The van der Waals surface area contributed by atoms with Crippen LogP contribution < -0.4 is 5.32 Å². The fraction of sp³-hybridized carbons (Fsp3) is 0.231. The molecule has 0 aliphatic carbocycles. The summed E-state index contributed by atoms with van der Waals surface area (Å²) in [6.07, 6.45) is 0.748. The number of nitrogens with one attached hydrogen (secondary N) is 1. The molecule has 5 heteroatoms. The molecule has 1 aliphatic heterocycles. The molecule has 3 rings (SSSR count). The maximum absolute atomic E-state index is 13.8. The molecular weight excluding hydrogens is 231 g/mol. The molecule has 0 radical (unpaired) electrons. The van der Waals surface area contributed by atoms with Crippen LogP contribution in [0.1, 0.15) is 17.0 Å². The van der Waals surface area contributed by atoms with Gasteiger partial charge >= 0.3 is 0 Å². The van der Waals surface area contributed by atoms with Gasteiger partial charge in [-0.05, 0) is 12.1 Å². The Hall–Kier alpha value is -2.19. The number of hydrogen-bond donors (Lipinski definition) is 1. The van der Waals surface area contributed by atoms with Crippen molar-refractivity contribution in [2.75, 3.05) is 6.54 Å².